The van der Waals surface area contributed by atoms with Crippen molar-refractivity contribution in [3.8, 4) is 0 Å². The van der Waals surface area contributed by atoms with Crippen LogP contribution in [0.15, 0.2) is 11.1 Å². The van der Waals surface area contributed by atoms with Crippen LogP contribution in [0.3, 0.4) is 0 Å². The van der Waals surface area contributed by atoms with Crippen molar-refractivity contribution in [2.45, 2.75) is 50.3 Å². The number of allylic oxidation sites excluding steroid dienone is 1. The van der Waals surface area contributed by atoms with E-state index in [4.69, 9.17) is 20.6 Å². The van der Waals surface area contributed by atoms with E-state index in [2.05, 4.69) is 0 Å². The molecule has 0 aromatic heterocycles. The molecule has 1 saturated carbocycles. The summed E-state index contributed by atoms with van der Waals surface area (Å²) in [5, 5.41) is -0.0432. The van der Waals surface area contributed by atoms with E-state index in [1.54, 1.807) is 0 Å². The van der Waals surface area contributed by atoms with Crippen LogP contribution in [0, 0.1) is 0 Å². The van der Waals surface area contributed by atoms with E-state index < -0.39 is 18.9 Å². The molecule has 18 heavy (non-hydrogen) atoms. The van der Waals surface area contributed by atoms with E-state index in [-0.39, 0.29) is 11.6 Å². The molecule has 0 saturated heterocycles. The van der Waals surface area contributed by atoms with Crippen LogP contribution in [0.25, 0.3) is 0 Å². The summed E-state index contributed by atoms with van der Waals surface area (Å²) in [6.45, 7) is 1.42. The van der Waals surface area contributed by atoms with Crippen molar-refractivity contribution in [3.05, 3.63) is 11.1 Å². The van der Waals surface area contributed by atoms with Crippen LogP contribution in [-0.4, -0.2) is 17.9 Å². The topological polar surface area (TPSA) is 35.5 Å². The smallest absolute Gasteiger partial charge is 0.304 e. The summed E-state index contributed by atoms with van der Waals surface area (Å²) in [4.78, 5) is 0. The van der Waals surface area contributed by atoms with Crippen LogP contribution in [0.4, 0.5) is 8.78 Å². The lowest BCUT2D eigenvalue weighted by molar-refractivity contribution is -0.00423. The zero-order valence-electron chi connectivity index (χ0n) is 10.1. The van der Waals surface area contributed by atoms with Crippen LogP contribution >= 0.6 is 19.2 Å². The Morgan fingerprint density at radius 2 is 2.06 bits per heavy atom. The van der Waals surface area contributed by atoms with Gasteiger partial charge in [0.1, 0.15) is 5.60 Å². The third kappa shape index (κ3) is 2.26. The van der Waals surface area contributed by atoms with Gasteiger partial charge in [-0.1, -0.05) is 30.9 Å². The molecule has 0 bridgehead atoms. The second-order valence-corrected chi connectivity index (χ2v) is 7.08. The molecule has 104 valence electrons. The summed E-state index contributed by atoms with van der Waals surface area (Å²) >= 11 is 5.94. The molecule has 1 heterocycles. The van der Waals surface area contributed by atoms with Crippen molar-refractivity contribution < 1.29 is 22.4 Å². The molecule has 0 amide bonds. The molecule has 0 radical (unpaired) electrons. The molecule has 1 fully saturated rings. The van der Waals surface area contributed by atoms with Crippen molar-refractivity contribution in [1.29, 1.82) is 0 Å². The molecular formula is C11H16ClF2O3P. The molecule has 2 rings (SSSR count). The maximum absolute atomic E-state index is 13.8. The van der Waals surface area contributed by atoms with Gasteiger partial charge in [0.05, 0.1) is 11.6 Å². The maximum atomic E-state index is 13.8. The standard InChI is InChI=1S/C11H16ClF2O3P/c1-2-16-18(15)11(13,14)8-9(12)10(17-18)6-4-3-5-7-10/h8H,2-7H2,1H3. The summed E-state index contributed by atoms with van der Waals surface area (Å²) in [7, 11) is -4.48. The van der Waals surface area contributed by atoms with Crippen molar-refractivity contribution in [2.75, 3.05) is 6.61 Å². The lowest BCUT2D eigenvalue weighted by atomic mass is 9.84. The Kier molecular flexibility index (Phi) is 3.90. The SMILES string of the molecule is CCOP1(=O)OC2(CCCCC2)C(Cl)=CC1(F)F. The van der Waals surface area contributed by atoms with Gasteiger partial charge in [0, 0.05) is 6.08 Å². The highest BCUT2D eigenvalue weighted by molar-refractivity contribution is 7.55. The summed E-state index contributed by atoms with van der Waals surface area (Å²) in [5.41, 5.74) is -4.69. The van der Waals surface area contributed by atoms with Gasteiger partial charge in [-0.15, -0.1) is 0 Å². The minimum atomic E-state index is -4.48. The minimum Gasteiger partial charge on any atom is -0.304 e. The van der Waals surface area contributed by atoms with Gasteiger partial charge in [0.2, 0.25) is 0 Å². The van der Waals surface area contributed by atoms with Gasteiger partial charge in [0.25, 0.3) is 0 Å². The molecule has 2 aliphatic rings. The van der Waals surface area contributed by atoms with Gasteiger partial charge in [-0.25, -0.2) is 0 Å². The van der Waals surface area contributed by atoms with Crippen LogP contribution in [0.5, 0.6) is 0 Å². The van der Waals surface area contributed by atoms with Crippen LogP contribution < -0.4 is 0 Å². The quantitative estimate of drug-likeness (QED) is 0.695. The number of hydrogen-bond donors (Lipinski definition) is 0. The second kappa shape index (κ2) is 4.86. The molecule has 0 aromatic rings. The third-order valence-electron chi connectivity index (χ3n) is 3.36. The molecule has 0 aromatic carbocycles. The first-order valence-corrected chi connectivity index (χ1v) is 7.99. The van der Waals surface area contributed by atoms with Crippen molar-refractivity contribution in [1.82, 2.24) is 0 Å². The molecular weight excluding hydrogens is 285 g/mol. The zero-order chi connectivity index (χ0) is 13.4. The Labute approximate surface area is 110 Å². The summed E-state index contributed by atoms with van der Waals surface area (Å²) in [5.74, 6) is 0. The molecule has 1 spiro atoms. The van der Waals surface area contributed by atoms with E-state index >= 15 is 0 Å². The van der Waals surface area contributed by atoms with E-state index in [9.17, 15) is 13.3 Å². The Morgan fingerprint density at radius 1 is 1.44 bits per heavy atom. The normalized spacial score (nSPS) is 34.3. The second-order valence-electron chi connectivity index (χ2n) is 4.64. The van der Waals surface area contributed by atoms with Gasteiger partial charge in [-0.3, -0.25) is 9.09 Å². The molecule has 1 aliphatic heterocycles. The van der Waals surface area contributed by atoms with Gasteiger partial charge < -0.3 is 4.52 Å². The number of alkyl halides is 2. The van der Waals surface area contributed by atoms with Crippen LogP contribution in [0.2, 0.25) is 0 Å². The fourth-order valence-corrected chi connectivity index (χ4v) is 4.64. The first-order valence-electron chi connectivity index (χ1n) is 6.07. The highest BCUT2D eigenvalue weighted by Gasteiger charge is 2.61. The van der Waals surface area contributed by atoms with Gasteiger partial charge >= 0.3 is 13.3 Å². The van der Waals surface area contributed by atoms with Crippen LogP contribution in [-0.2, 0) is 13.6 Å². The van der Waals surface area contributed by atoms with Crippen molar-refractivity contribution in [2.24, 2.45) is 0 Å². The molecule has 1 atom stereocenters. The largest absolute Gasteiger partial charge is 0.404 e. The Hall–Kier alpha value is 0.0400. The van der Waals surface area contributed by atoms with Gasteiger partial charge in [-0.05, 0) is 19.8 Å². The number of halogens is 3. The molecule has 1 unspecified atom stereocenters. The lowest BCUT2D eigenvalue weighted by Gasteiger charge is -2.43. The Balaban J connectivity index is 2.39. The van der Waals surface area contributed by atoms with Crippen LogP contribution in [0.1, 0.15) is 39.0 Å². The Bertz CT molecular complexity index is 405. The highest BCUT2D eigenvalue weighted by atomic mass is 35.5. The molecule has 7 heteroatoms. The Morgan fingerprint density at radius 3 is 2.61 bits per heavy atom. The number of hydrogen-bond acceptors (Lipinski definition) is 3. The minimum absolute atomic E-state index is 0.0432. The molecule has 0 N–H and O–H groups in total. The first-order chi connectivity index (χ1) is 8.35. The zero-order valence-corrected chi connectivity index (χ0v) is 11.8. The summed E-state index contributed by atoms with van der Waals surface area (Å²) < 4.78 is 49.7. The van der Waals surface area contributed by atoms with Gasteiger partial charge in [0.15, 0.2) is 0 Å². The van der Waals surface area contributed by atoms with E-state index in [0.717, 1.165) is 19.3 Å². The summed E-state index contributed by atoms with van der Waals surface area (Å²) in [6, 6.07) is 0. The monoisotopic (exact) mass is 300 g/mol. The fourth-order valence-electron chi connectivity index (χ4n) is 2.43. The average molecular weight is 301 g/mol. The van der Waals surface area contributed by atoms with E-state index in [1.165, 1.54) is 6.92 Å². The van der Waals surface area contributed by atoms with Crippen molar-refractivity contribution >= 4 is 19.2 Å². The number of rotatable bonds is 2. The predicted octanol–water partition coefficient (Wildman–Crippen LogP) is 4.66. The van der Waals surface area contributed by atoms with E-state index in [0.29, 0.717) is 18.9 Å². The summed E-state index contributed by atoms with van der Waals surface area (Å²) in [6.07, 6.45) is 4.22. The lowest BCUT2D eigenvalue weighted by Crippen LogP contribution is -2.41. The average Bonchev–Trinajstić information content (AvgIpc) is 2.28. The third-order valence-corrected chi connectivity index (χ3v) is 5.86. The van der Waals surface area contributed by atoms with Gasteiger partial charge in [-0.2, -0.15) is 8.78 Å². The highest BCUT2D eigenvalue weighted by Crippen LogP contribution is 2.70. The first kappa shape index (κ1) is 14.4. The molecule has 1 aliphatic carbocycles. The van der Waals surface area contributed by atoms with Crippen molar-refractivity contribution in [3.63, 3.8) is 0 Å². The predicted molar refractivity (Wildman–Crippen MR) is 65.0 cm³/mol. The maximum Gasteiger partial charge on any atom is 0.404 e. The van der Waals surface area contributed by atoms with E-state index in [1.807, 2.05) is 0 Å². The fraction of sp³-hybridized carbons (Fsp3) is 0.818. The molecule has 3 nitrogen and oxygen atoms in total.